The van der Waals surface area contributed by atoms with Crippen molar-refractivity contribution in [2.45, 2.75) is 135 Å². The van der Waals surface area contributed by atoms with Crippen LogP contribution in [0.3, 0.4) is 0 Å². The van der Waals surface area contributed by atoms with Gasteiger partial charge < -0.3 is 15.3 Å². The maximum atomic E-state index is 13.8. The van der Waals surface area contributed by atoms with Crippen LogP contribution >= 0.6 is 0 Å². The molecule has 3 N–H and O–H groups in total. The Hall–Kier alpha value is -2.11. The lowest BCUT2D eigenvalue weighted by molar-refractivity contribution is -0.139. The van der Waals surface area contributed by atoms with E-state index in [1.54, 1.807) is 12.1 Å². The SMILES string of the molecule is C#CC1CC(C(=O)NC(CC2CCCCC2)C(O)CN(C)NC(=O)CC2CCCCC2)CC(C(=O)N(CCC)CCC)C1. The van der Waals surface area contributed by atoms with Crippen LogP contribution in [-0.2, 0) is 14.4 Å². The first-order chi connectivity index (χ1) is 20.7. The molecule has 0 aromatic heterocycles. The highest BCUT2D eigenvalue weighted by Crippen LogP contribution is 2.35. The third-order valence-electron chi connectivity index (χ3n) is 10.0. The Kier molecular flexibility index (Phi) is 15.3. The van der Waals surface area contributed by atoms with Crippen molar-refractivity contribution < 1.29 is 19.5 Å². The third kappa shape index (κ3) is 11.7. The lowest BCUT2D eigenvalue weighted by atomic mass is 9.74. The molecule has 8 nitrogen and oxygen atoms in total. The molecule has 0 aromatic rings. The van der Waals surface area contributed by atoms with Crippen LogP contribution in [0.4, 0.5) is 0 Å². The van der Waals surface area contributed by atoms with Crippen molar-refractivity contribution in [3.63, 3.8) is 0 Å². The number of carbonyl (C=O) groups excluding carboxylic acids is 3. The number of rotatable bonds is 15. The maximum Gasteiger partial charge on any atom is 0.234 e. The summed E-state index contributed by atoms with van der Waals surface area (Å²) in [5.74, 6) is 3.01. The monoisotopic (exact) mass is 600 g/mol. The summed E-state index contributed by atoms with van der Waals surface area (Å²) in [6, 6.07) is -0.426. The second-order valence-corrected chi connectivity index (χ2v) is 13.8. The maximum absolute atomic E-state index is 13.8. The van der Waals surface area contributed by atoms with Gasteiger partial charge in [-0.15, -0.1) is 12.3 Å². The van der Waals surface area contributed by atoms with Crippen molar-refractivity contribution >= 4 is 17.7 Å². The van der Waals surface area contributed by atoms with E-state index in [1.807, 2.05) is 4.90 Å². The molecule has 0 spiro atoms. The minimum absolute atomic E-state index is 0.00658. The van der Waals surface area contributed by atoms with Crippen LogP contribution < -0.4 is 10.7 Å². The van der Waals surface area contributed by atoms with Crippen molar-refractivity contribution in [2.75, 3.05) is 26.7 Å². The molecule has 3 amide bonds. The summed E-state index contributed by atoms with van der Waals surface area (Å²) >= 11 is 0. The summed E-state index contributed by atoms with van der Waals surface area (Å²) in [6.07, 6.45) is 21.4. The van der Waals surface area contributed by atoms with E-state index in [2.05, 4.69) is 30.5 Å². The Morgan fingerprint density at radius 1 is 0.884 bits per heavy atom. The fourth-order valence-corrected chi connectivity index (χ4v) is 7.76. The van der Waals surface area contributed by atoms with Gasteiger partial charge in [-0.3, -0.25) is 19.8 Å². The molecule has 5 atom stereocenters. The van der Waals surface area contributed by atoms with Gasteiger partial charge in [0.1, 0.15) is 0 Å². The number of amides is 3. The number of likely N-dealkylation sites (N-methyl/N-ethyl adjacent to an activating group) is 1. The summed E-state index contributed by atoms with van der Waals surface area (Å²) in [6.45, 7) is 5.83. The first-order valence-electron chi connectivity index (χ1n) is 17.5. The van der Waals surface area contributed by atoms with Gasteiger partial charge in [0.15, 0.2) is 0 Å². The van der Waals surface area contributed by atoms with Crippen molar-refractivity contribution in [2.24, 2.45) is 29.6 Å². The third-order valence-corrected chi connectivity index (χ3v) is 10.0. The highest BCUT2D eigenvalue weighted by atomic mass is 16.3. The summed E-state index contributed by atoms with van der Waals surface area (Å²) < 4.78 is 0. The van der Waals surface area contributed by atoms with Crippen LogP contribution in [-0.4, -0.2) is 71.6 Å². The first kappa shape index (κ1) is 35.4. The second kappa shape index (κ2) is 18.6. The fraction of sp³-hybridized carbons (Fsp3) is 0.857. The van der Waals surface area contributed by atoms with Gasteiger partial charge in [-0.25, -0.2) is 5.01 Å². The summed E-state index contributed by atoms with van der Waals surface area (Å²) in [7, 11) is 1.79. The van der Waals surface area contributed by atoms with Gasteiger partial charge in [0, 0.05) is 50.9 Å². The van der Waals surface area contributed by atoms with E-state index in [0.29, 0.717) is 43.9 Å². The molecule has 3 saturated carbocycles. The van der Waals surface area contributed by atoms with E-state index >= 15 is 0 Å². The molecule has 5 unspecified atom stereocenters. The molecule has 3 rings (SSSR count). The number of hydrogen-bond acceptors (Lipinski definition) is 5. The molecule has 8 heteroatoms. The zero-order valence-electron chi connectivity index (χ0n) is 27.3. The van der Waals surface area contributed by atoms with Crippen LogP contribution in [0.5, 0.6) is 0 Å². The van der Waals surface area contributed by atoms with E-state index in [9.17, 15) is 19.5 Å². The highest BCUT2D eigenvalue weighted by molar-refractivity contribution is 5.83. The van der Waals surface area contributed by atoms with Gasteiger partial charge in [0.05, 0.1) is 12.1 Å². The van der Waals surface area contributed by atoms with Crippen molar-refractivity contribution in [3.05, 3.63) is 0 Å². The minimum atomic E-state index is -0.833. The highest BCUT2D eigenvalue weighted by Gasteiger charge is 2.38. The van der Waals surface area contributed by atoms with Gasteiger partial charge in [-0.05, 0) is 63.2 Å². The van der Waals surface area contributed by atoms with E-state index in [1.165, 1.54) is 38.5 Å². The first-order valence-corrected chi connectivity index (χ1v) is 17.5. The van der Waals surface area contributed by atoms with Crippen molar-refractivity contribution in [1.82, 2.24) is 20.7 Å². The zero-order valence-corrected chi connectivity index (χ0v) is 27.3. The average Bonchev–Trinajstić information content (AvgIpc) is 3.00. The van der Waals surface area contributed by atoms with Crippen LogP contribution in [0.2, 0.25) is 0 Å². The molecule has 3 aliphatic carbocycles. The van der Waals surface area contributed by atoms with Crippen molar-refractivity contribution in [1.29, 1.82) is 0 Å². The van der Waals surface area contributed by atoms with E-state index < -0.39 is 12.1 Å². The number of hydrazine groups is 1. The average molecular weight is 601 g/mol. The Balaban J connectivity index is 1.64. The standard InChI is InChI=1S/C35H60N4O4/c1-5-18-39(19-6-2)35(43)30-21-26(7-3)20-29(24-30)34(42)36-31(22-27-14-10-8-11-15-27)32(40)25-38(4)37-33(41)23-28-16-12-9-13-17-28/h3,26-32,40H,5-6,8-25H2,1-2,4H3,(H,36,42)(H,37,41). The largest absolute Gasteiger partial charge is 0.390 e. The van der Waals surface area contributed by atoms with Gasteiger partial charge >= 0.3 is 0 Å². The van der Waals surface area contributed by atoms with E-state index in [4.69, 9.17) is 6.42 Å². The molecule has 0 radical (unpaired) electrons. The van der Waals surface area contributed by atoms with Crippen LogP contribution in [0.15, 0.2) is 0 Å². The number of terminal acetylenes is 1. The molecule has 3 aliphatic rings. The molecule has 43 heavy (non-hydrogen) atoms. The lowest BCUT2D eigenvalue weighted by Gasteiger charge is -2.36. The summed E-state index contributed by atoms with van der Waals surface area (Å²) in [5, 5.41) is 16.3. The summed E-state index contributed by atoms with van der Waals surface area (Å²) in [4.78, 5) is 41.9. The molecule has 0 aliphatic heterocycles. The number of carbonyl (C=O) groups is 3. The number of nitrogens with one attached hydrogen (secondary N) is 2. The Labute approximate surface area is 261 Å². The normalized spacial score (nSPS) is 25.0. The van der Waals surface area contributed by atoms with E-state index in [0.717, 1.165) is 51.6 Å². The molecule has 0 saturated heterocycles. The van der Waals surface area contributed by atoms with Crippen molar-refractivity contribution in [3.8, 4) is 12.3 Å². The van der Waals surface area contributed by atoms with Gasteiger partial charge in [0.25, 0.3) is 0 Å². The quantitative estimate of drug-likeness (QED) is 0.180. The van der Waals surface area contributed by atoms with Gasteiger partial charge in [-0.2, -0.15) is 0 Å². The Morgan fingerprint density at radius 2 is 1.47 bits per heavy atom. The summed E-state index contributed by atoms with van der Waals surface area (Å²) in [5.41, 5.74) is 2.95. The van der Waals surface area contributed by atoms with E-state index in [-0.39, 0.29) is 42.0 Å². The molecule has 0 aromatic carbocycles. The van der Waals surface area contributed by atoms with Gasteiger partial charge in [-0.1, -0.05) is 65.2 Å². The molecule has 0 heterocycles. The Morgan fingerprint density at radius 3 is 2.05 bits per heavy atom. The minimum Gasteiger partial charge on any atom is -0.390 e. The number of aliphatic hydroxyl groups excluding tert-OH is 1. The predicted molar refractivity (Wildman–Crippen MR) is 171 cm³/mol. The zero-order chi connectivity index (χ0) is 31.2. The molecular weight excluding hydrogens is 540 g/mol. The number of hydrogen-bond donors (Lipinski definition) is 3. The number of nitrogens with zero attached hydrogens (tertiary/aromatic N) is 2. The van der Waals surface area contributed by atoms with Crippen LogP contribution in [0.25, 0.3) is 0 Å². The number of aliphatic hydroxyl groups is 1. The predicted octanol–water partition coefficient (Wildman–Crippen LogP) is 5.05. The molecule has 244 valence electrons. The fourth-order valence-electron chi connectivity index (χ4n) is 7.76. The molecular formula is C35H60N4O4. The van der Waals surface area contributed by atoms with Crippen LogP contribution in [0.1, 0.15) is 123 Å². The smallest absolute Gasteiger partial charge is 0.234 e. The van der Waals surface area contributed by atoms with Gasteiger partial charge in [0.2, 0.25) is 17.7 Å². The van der Waals surface area contributed by atoms with Crippen LogP contribution in [0, 0.1) is 41.9 Å². The lowest BCUT2D eigenvalue weighted by Crippen LogP contribution is -2.53. The molecule has 3 fully saturated rings. The second-order valence-electron chi connectivity index (χ2n) is 13.8. The topological polar surface area (TPSA) is 102 Å². The molecule has 0 bridgehead atoms. The Bertz CT molecular complexity index is 902.